The van der Waals surface area contributed by atoms with Crippen molar-refractivity contribution in [2.45, 2.75) is 50.5 Å². The number of rotatable bonds is 7. The minimum atomic E-state index is -3.56. The molecule has 186 valence electrons. The molecule has 3 aromatic rings. The third-order valence-electron chi connectivity index (χ3n) is 6.98. The van der Waals surface area contributed by atoms with Crippen molar-refractivity contribution in [2.75, 3.05) is 20.1 Å². The second-order valence-corrected chi connectivity index (χ2v) is 11.4. The number of aromatic nitrogens is 3. The van der Waals surface area contributed by atoms with Gasteiger partial charge in [0.1, 0.15) is 12.7 Å². The first-order valence-electron chi connectivity index (χ1n) is 12.0. The molecule has 1 aromatic heterocycles. The zero-order chi connectivity index (χ0) is 25.2. The molecule has 1 atom stereocenters. The lowest BCUT2D eigenvalue weighted by molar-refractivity contribution is -0.137. The summed E-state index contributed by atoms with van der Waals surface area (Å²) in [4.78, 5) is 19.3. The van der Waals surface area contributed by atoms with E-state index in [1.54, 1.807) is 28.0 Å². The fourth-order valence-corrected chi connectivity index (χ4v) is 5.94. The van der Waals surface area contributed by atoms with E-state index in [9.17, 15) is 13.2 Å². The van der Waals surface area contributed by atoms with Crippen LogP contribution >= 0.6 is 0 Å². The zero-order valence-electron chi connectivity index (χ0n) is 20.7. The molecule has 0 aliphatic carbocycles. The largest absolute Gasteiger partial charge is 0.339 e. The Hall–Kier alpha value is -3.04. The number of carbonyl (C=O) groups excluding carboxylic acids is 1. The van der Waals surface area contributed by atoms with Crippen molar-refractivity contribution in [1.82, 2.24) is 24.0 Å². The summed E-state index contributed by atoms with van der Waals surface area (Å²) in [5.41, 5.74) is 3.04. The summed E-state index contributed by atoms with van der Waals surface area (Å²) >= 11 is 0. The highest BCUT2D eigenvalue weighted by molar-refractivity contribution is 7.89. The van der Waals surface area contributed by atoms with E-state index in [1.807, 2.05) is 50.4 Å². The molecule has 0 N–H and O–H groups in total. The van der Waals surface area contributed by atoms with Gasteiger partial charge in [-0.2, -0.15) is 9.40 Å². The Labute approximate surface area is 207 Å². The molecule has 0 bridgehead atoms. The van der Waals surface area contributed by atoms with E-state index in [1.165, 1.54) is 10.6 Å². The quantitative estimate of drug-likeness (QED) is 0.494. The van der Waals surface area contributed by atoms with Crippen LogP contribution in [0.15, 0.2) is 66.1 Å². The summed E-state index contributed by atoms with van der Waals surface area (Å²) in [5.74, 6) is 0.211. The summed E-state index contributed by atoms with van der Waals surface area (Å²) in [6.07, 6.45) is 4.16. The van der Waals surface area contributed by atoms with Gasteiger partial charge in [0, 0.05) is 26.1 Å². The molecular formula is C26H33N5O3S. The molecule has 2 heterocycles. The molecule has 2 aromatic carbocycles. The molecule has 0 spiro atoms. The number of amides is 1. The number of hydrogen-bond donors (Lipinski definition) is 0. The maximum absolute atomic E-state index is 13.2. The number of benzene rings is 2. The lowest BCUT2D eigenvalue weighted by Crippen LogP contribution is -2.43. The third-order valence-corrected chi connectivity index (χ3v) is 8.89. The maximum atomic E-state index is 13.2. The van der Waals surface area contributed by atoms with Gasteiger partial charge in [0.05, 0.1) is 16.6 Å². The minimum absolute atomic E-state index is 0.0520. The van der Waals surface area contributed by atoms with E-state index in [2.05, 4.69) is 23.9 Å². The second-order valence-electron chi connectivity index (χ2n) is 9.46. The van der Waals surface area contributed by atoms with E-state index in [4.69, 9.17) is 0 Å². The van der Waals surface area contributed by atoms with Crippen molar-refractivity contribution in [3.63, 3.8) is 0 Å². The average Bonchev–Trinajstić information content (AvgIpc) is 3.43. The summed E-state index contributed by atoms with van der Waals surface area (Å²) in [5, 5.41) is 4.13. The monoisotopic (exact) mass is 495 g/mol. The highest BCUT2D eigenvalue weighted by Gasteiger charge is 2.34. The van der Waals surface area contributed by atoms with Crippen LogP contribution in [-0.4, -0.2) is 58.4 Å². The molecule has 0 radical (unpaired) electrons. The van der Waals surface area contributed by atoms with E-state index >= 15 is 0 Å². The minimum Gasteiger partial charge on any atom is -0.339 e. The van der Waals surface area contributed by atoms with Gasteiger partial charge in [-0.1, -0.05) is 38.1 Å². The molecule has 4 rings (SSSR count). The molecule has 0 saturated carbocycles. The first kappa shape index (κ1) is 25.1. The Kier molecular flexibility index (Phi) is 7.37. The number of piperidine rings is 1. The van der Waals surface area contributed by atoms with Crippen LogP contribution in [0.4, 0.5) is 0 Å². The van der Waals surface area contributed by atoms with Crippen molar-refractivity contribution >= 4 is 15.9 Å². The second kappa shape index (κ2) is 10.3. The van der Waals surface area contributed by atoms with Crippen molar-refractivity contribution in [2.24, 2.45) is 5.92 Å². The van der Waals surface area contributed by atoms with Crippen LogP contribution < -0.4 is 0 Å². The van der Waals surface area contributed by atoms with Gasteiger partial charge in [0.2, 0.25) is 15.9 Å². The van der Waals surface area contributed by atoms with Gasteiger partial charge in [-0.3, -0.25) is 4.79 Å². The average molecular weight is 496 g/mol. The summed E-state index contributed by atoms with van der Waals surface area (Å²) in [6, 6.07) is 14.9. The topological polar surface area (TPSA) is 88.4 Å². The molecule has 1 amide bonds. The predicted molar refractivity (Wildman–Crippen MR) is 135 cm³/mol. The SMILES string of the molecule is CC(C)c1ccc(S(=O)(=O)N2CCC(C(=O)N(C)C(C)c3ccc(-n4cncn4)cc3)CC2)cc1. The highest BCUT2D eigenvalue weighted by atomic mass is 32.2. The number of sulfonamides is 1. The van der Waals surface area contributed by atoms with Crippen LogP contribution in [0.3, 0.4) is 0 Å². The molecule has 1 unspecified atom stereocenters. The summed E-state index contributed by atoms with van der Waals surface area (Å²) in [7, 11) is -1.74. The predicted octanol–water partition coefficient (Wildman–Crippen LogP) is 4.01. The summed E-state index contributed by atoms with van der Waals surface area (Å²) < 4.78 is 29.4. The van der Waals surface area contributed by atoms with Crippen LogP contribution in [0.1, 0.15) is 56.7 Å². The van der Waals surface area contributed by atoms with Gasteiger partial charge in [-0.15, -0.1) is 0 Å². The Bertz CT molecular complexity index is 1230. The molecule has 35 heavy (non-hydrogen) atoms. The molecule has 1 fully saturated rings. The smallest absolute Gasteiger partial charge is 0.243 e. The van der Waals surface area contributed by atoms with Crippen LogP contribution in [0.2, 0.25) is 0 Å². The molecule has 1 aliphatic heterocycles. The van der Waals surface area contributed by atoms with Crippen LogP contribution in [0.25, 0.3) is 5.69 Å². The molecule has 8 nitrogen and oxygen atoms in total. The van der Waals surface area contributed by atoms with Crippen molar-refractivity contribution in [3.05, 3.63) is 72.3 Å². The first-order valence-corrected chi connectivity index (χ1v) is 13.4. The van der Waals surface area contributed by atoms with Crippen LogP contribution in [-0.2, 0) is 14.8 Å². The van der Waals surface area contributed by atoms with Crippen molar-refractivity contribution in [1.29, 1.82) is 0 Å². The Morgan fingerprint density at radius 3 is 2.11 bits per heavy atom. The third kappa shape index (κ3) is 5.31. The van der Waals surface area contributed by atoms with Gasteiger partial charge in [-0.25, -0.2) is 18.1 Å². The number of nitrogens with zero attached hydrogens (tertiary/aromatic N) is 5. The first-order chi connectivity index (χ1) is 16.7. The normalized spacial score (nSPS) is 16.4. The molecular weight excluding hydrogens is 462 g/mol. The molecule has 1 aliphatic rings. The molecule has 1 saturated heterocycles. The van der Waals surface area contributed by atoms with Crippen LogP contribution in [0, 0.1) is 5.92 Å². The standard InChI is InChI=1S/C26H33N5O3S/c1-19(2)21-7-11-25(12-8-21)35(33,34)30-15-13-23(14-16-30)26(32)29(4)20(3)22-5-9-24(10-6-22)31-18-27-17-28-31/h5-12,17-20,23H,13-16H2,1-4H3. The van der Waals surface area contributed by atoms with Gasteiger partial charge < -0.3 is 4.90 Å². The van der Waals surface area contributed by atoms with Crippen molar-refractivity contribution in [3.8, 4) is 5.69 Å². The van der Waals surface area contributed by atoms with Gasteiger partial charge in [0.15, 0.2) is 0 Å². The van der Waals surface area contributed by atoms with Gasteiger partial charge in [0.25, 0.3) is 0 Å². The lowest BCUT2D eigenvalue weighted by Gasteiger charge is -2.34. The van der Waals surface area contributed by atoms with Gasteiger partial charge in [-0.05, 0) is 61.1 Å². The lowest BCUT2D eigenvalue weighted by atomic mass is 9.95. The highest BCUT2D eigenvalue weighted by Crippen LogP contribution is 2.28. The summed E-state index contributed by atoms with van der Waals surface area (Å²) in [6.45, 7) is 6.86. The Morgan fingerprint density at radius 2 is 1.57 bits per heavy atom. The van der Waals surface area contributed by atoms with E-state index in [0.717, 1.165) is 16.8 Å². The maximum Gasteiger partial charge on any atom is 0.243 e. The zero-order valence-corrected chi connectivity index (χ0v) is 21.5. The number of hydrogen-bond acceptors (Lipinski definition) is 5. The Morgan fingerprint density at radius 1 is 0.971 bits per heavy atom. The van der Waals surface area contributed by atoms with E-state index in [0.29, 0.717) is 36.7 Å². The van der Waals surface area contributed by atoms with Crippen LogP contribution in [0.5, 0.6) is 0 Å². The fourth-order valence-electron chi connectivity index (χ4n) is 4.47. The fraction of sp³-hybridized carbons (Fsp3) is 0.423. The van der Waals surface area contributed by atoms with Crippen molar-refractivity contribution < 1.29 is 13.2 Å². The Balaban J connectivity index is 1.36. The molecule has 9 heteroatoms. The van der Waals surface area contributed by atoms with Gasteiger partial charge >= 0.3 is 0 Å². The van der Waals surface area contributed by atoms with E-state index < -0.39 is 10.0 Å². The number of carbonyl (C=O) groups is 1. The van der Waals surface area contributed by atoms with E-state index in [-0.39, 0.29) is 17.9 Å².